The number of nitrogens with zero attached hydrogens (tertiary/aromatic N) is 1. The molecule has 7 heteroatoms. The minimum atomic E-state index is -4.30. The predicted molar refractivity (Wildman–Crippen MR) is 67.4 cm³/mol. The maximum Gasteiger partial charge on any atom is 0.411 e. The molecule has 0 saturated heterocycles. The summed E-state index contributed by atoms with van der Waals surface area (Å²) >= 11 is 0. The van der Waals surface area contributed by atoms with Crippen LogP contribution in [0.2, 0.25) is 0 Å². The molecule has 1 rings (SSSR count). The lowest BCUT2D eigenvalue weighted by Crippen LogP contribution is -2.18. The molecule has 1 aromatic rings. The Morgan fingerprint density at radius 1 is 1.25 bits per heavy atom. The maximum absolute atomic E-state index is 11.8. The summed E-state index contributed by atoms with van der Waals surface area (Å²) in [7, 11) is 0. The normalized spacial score (nSPS) is 12.5. The average Bonchev–Trinajstić information content (AvgIpc) is 2.41. The maximum atomic E-state index is 11.8. The number of benzene rings is 1. The SMILES string of the molecule is CC(=NO)c1ccccc1OCCCOCC(F)(F)F. The summed E-state index contributed by atoms with van der Waals surface area (Å²) < 4.78 is 45.4. The topological polar surface area (TPSA) is 51.1 Å². The van der Waals surface area contributed by atoms with Crippen LogP contribution in [0.3, 0.4) is 0 Å². The molecular weight excluding hydrogens is 275 g/mol. The fourth-order valence-corrected chi connectivity index (χ4v) is 1.48. The number of oxime groups is 1. The molecule has 0 radical (unpaired) electrons. The second-order valence-corrected chi connectivity index (χ2v) is 4.05. The van der Waals surface area contributed by atoms with Gasteiger partial charge in [-0.25, -0.2) is 0 Å². The van der Waals surface area contributed by atoms with Crippen molar-refractivity contribution in [3.05, 3.63) is 29.8 Å². The number of rotatable bonds is 7. The van der Waals surface area contributed by atoms with Crippen molar-refractivity contribution < 1.29 is 27.9 Å². The third-order valence-corrected chi connectivity index (χ3v) is 2.38. The summed E-state index contributed by atoms with van der Waals surface area (Å²) in [5.41, 5.74) is 1.03. The molecule has 4 nitrogen and oxygen atoms in total. The molecule has 1 aromatic carbocycles. The van der Waals surface area contributed by atoms with Gasteiger partial charge >= 0.3 is 6.18 Å². The quantitative estimate of drug-likeness (QED) is 0.363. The predicted octanol–water partition coefficient (Wildman–Crippen LogP) is 3.23. The van der Waals surface area contributed by atoms with Crippen molar-refractivity contribution >= 4 is 5.71 Å². The van der Waals surface area contributed by atoms with Crippen LogP contribution in [0.1, 0.15) is 18.9 Å². The van der Waals surface area contributed by atoms with Crippen molar-refractivity contribution in [1.29, 1.82) is 0 Å². The Labute approximate surface area is 114 Å². The molecule has 1 N–H and O–H groups in total. The van der Waals surface area contributed by atoms with Crippen LogP contribution in [0.4, 0.5) is 13.2 Å². The van der Waals surface area contributed by atoms with Crippen molar-refractivity contribution in [3.8, 4) is 5.75 Å². The summed E-state index contributed by atoms with van der Waals surface area (Å²) in [6, 6.07) is 6.94. The van der Waals surface area contributed by atoms with Gasteiger partial charge in [0.1, 0.15) is 12.4 Å². The first-order valence-electron chi connectivity index (χ1n) is 5.99. The minimum Gasteiger partial charge on any atom is -0.493 e. The molecule has 112 valence electrons. The molecule has 20 heavy (non-hydrogen) atoms. The molecule has 0 aliphatic rings. The van der Waals surface area contributed by atoms with Gasteiger partial charge in [0.25, 0.3) is 0 Å². The Morgan fingerprint density at radius 2 is 1.95 bits per heavy atom. The molecule has 0 aliphatic carbocycles. The van der Waals surface area contributed by atoms with Gasteiger partial charge in [-0.15, -0.1) is 0 Å². The van der Waals surface area contributed by atoms with Gasteiger partial charge in [-0.3, -0.25) is 0 Å². The Kier molecular flexibility index (Phi) is 6.30. The van der Waals surface area contributed by atoms with Gasteiger partial charge in [0.05, 0.1) is 18.9 Å². The lowest BCUT2D eigenvalue weighted by molar-refractivity contribution is -0.174. The highest BCUT2D eigenvalue weighted by Gasteiger charge is 2.27. The van der Waals surface area contributed by atoms with Crippen LogP contribution in [-0.2, 0) is 4.74 Å². The van der Waals surface area contributed by atoms with E-state index in [0.717, 1.165) is 0 Å². The lowest BCUT2D eigenvalue weighted by Gasteiger charge is -2.11. The third kappa shape index (κ3) is 5.92. The van der Waals surface area contributed by atoms with Gasteiger partial charge < -0.3 is 14.7 Å². The van der Waals surface area contributed by atoms with Crippen molar-refractivity contribution in [2.24, 2.45) is 5.16 Å². The van der Waals surface area contributed by atoms with Gasteiger partial charge in [0.15, 0.2) is 0 Å². The van der Waals surface area contributed by atoms with Gasteiger partial charge in [-0.05, 0) is 19.1 Å². The van der Waals surface area contributed by atoms with E-state index in [4.69, 9.17) is 9.94 Å². The first kappa shape index (κ1) is 16.3. The zero-order valence-electron chi connectivity index (χ0n) is 11.0. The van der Waals surface area contributed by atoms with Crippen LogP contribution in [0.15, 0.2) is 29.4 Å². The van der Waals surface area contributed by atoms with E-state index in [-0.39, 0.29) is 13.2 Å². The van der Waals surface area contributed by atoms with Crippen molar-refractivity contribution in [1.82, 2.24) is 0 Å². The molecule has 0 bridgehead atoms. The molecule has 0 amide bonds. The zero-order chi connectivity index (χ0) is 15.0. The smallest absolute Gasteiger partial charge is 0.411 e. The molecule has 0 aromatic heterocycles. The zero-order valence-corrected chi connectivity index (χ0v) is 11.0. The van der Waals surface area contributed by atoms with Crippen LogP contribution in [0.25, 0.3) is 0 Å². The first-order chi connectivity index (χ1) is 9.44. The number of alkyl halides is 3. The van der Waals surface area contributed by atoms with Crippen molar-refractivity contribution in [3.63, 3.8) is 0 Å². The number of para-hydroxylation sites is 1. The van der Waals surface area contributed by atoms with E-state index >= 15 is 0 Å². The van der Waals surface area contributed by atoms with E-state index in [9.17, 15) is 13.2 Å². The highest BCUT2D eigenvalue weighted by atomic mass is 19.4. The number of hydrogen-bond donors (Lipinski definition) is 1. The highest BCUT2D eigenvalue weighted by Crippen LogP contribution is 2.19. The van der Waals surface area contributed by atoms with E-state index in [1.807, 2.05) is 0 Å². The Morgan fingerprint density at radius 3 is 2.60 bits per heavy atom. The number of ether oxygens (including phenoxy) is 2. The molecule has 0 atom stereocenters. The minimum absolute atomic E-state index is 0.0330. The van der Waals surface area contributed by atoms with Gasteiger partial charge in [-0.1, -0.05) is 17.3 Å². The van der Waals surface area contributed by atoms with Crippen LogP contribution < -0.4 is 4.74 Å². The Balaban J connectivity index is 2.36. The lowest BCUT2D eigenvalue weighted by atomic mass is 10.1. The number of hydrogen-bond acceptors (Lipinski definition) is 4. The van der Waals surface area contributed by atoms with Gasteiger partial charge in [0.2, 0.25) is 0 Å². The first-order valence-corrected chi connectivity index (χ1v) is 5.99. The van der Waals surface area contributed by atoms with E-state index < -0.39 is 12.8 Å². The standard InChI is InChI=1S/C13H16F3NO3/c1-10(17-18)11-5-2-3-6-12(11)20-8-4-7-19-9-13(14,15)16/h2-3,5-6,18H,4,7-9H2,1H3. The monoisotopic (exact) mass is 291 g/mol. The molecular formula is C13H16F3NO3. The molecule has 0 aliphatic heterocycles. The molecule has 0 fully saturated rings. The number of halogens is 3. The van der Waals surface area contributed by atoms with Gasteiger partial charge in [0, 0.05) is 12.0 Å². The second kappa shape index (κ2) is 7.74. The van der Waals surface area contributed by atoms with E-state index in [2.05, 4.69) is 9.89 Å². The van der Waals surface area contributed by atoms with E-state index in [1.54, 1.807) is 31.2 Å². The largest absolute Gasteiger partial charge is 0.493 e. The third-order valence-electron chi connectivity index (χ3n) is 2.38. The van der Waals surface area contributed by atoms with E-state index in [1.165, 1.54) is 0 Å². The van der Waals surface area contributed by atoms with Crippen LogP contribution in [0, 0.1) is 0 Å². The van der Waals surface area contributed by atoms with Crippen molar-refractivity contribution in [2.75, 3.05) is 19.8 Å². The van der Waals surface area contributed by atoms with Crippen molar-refractivity contribution in [2.45, 2.75) is 19.5 Å². The Hall–Kier alpha value is -1.76. The summed E-state index contributed by atoms with van der Waals surface area (Å²) in [6.07, 6.45) is -3.97. The summed E-state index contributed by atoms with van der Waals surface area (Å²) in [5.74, 6) is 0.513. The van der Waals surface area contributed by atoms with Gasteiger partial charge in [-0.2, -0.15) is 13.2 Å². The fraction of sp³-hybridized carbons (Fsp3) is 0.462. The molecule has 0 heterocycles. The van der Waals surface area contributed by atoms with Crippen LogP contribution in [-0.4, -0.2) is 36.9 Å². The molecule has 0 unspecified atom stereocenters. The van der Waals surface area contributed by atoms with E-state index in [0.29, 0.717) is 23.4 Å². The summed E-state index contributed by atoms with van der Waals surface area (Å²) in [6.45, 7) is 0.552. The van der Waals surface area contributed by atoms with Crippen LogP contribution in [0.5, 0.6) is 5.75 Å². The fourth-order valence-electron chi connectivity index (χ4n) is 1.48. The summed E-state index contributed by atoms with van der Waals surface area (Å²) in [4.78, 5) is 0. The Bertz CT molecular complexity index is 447. The highest BCUT2D eigenvalue weighted by molar-refractivity contribution is 6.00. The average molecular weight is 291 g/mol. The molecule has 0 spiro atoms. The van der Waals surface area contributed by atoms with Crippen LogP contribution >= 0.6 is 0 Å². The summed E-state index contributed by atoms with van der Waals surface area (Å²) in [5, 5.41) is 11.8. The second-order valence-electron chi connectivity index (χ2n) is 4.05. The molecule has 0 saturated carbocycles.